The van der Waals surface area contributed by atoms with Crippen LogP contribution in [0, 0.1) is 0 Å². The van der Waals surface area contributed by atoms with E-state index in [9.17, 15) is 13.9 Å². The minimum absolute atomic E-state index is 0. The first-order valence-corrected chi connectivity index (χ1v) is 6.23. The summed E-state index contributed by atoms with van der Waals surface area (Å²) in [4.78, 5) is 43.7. The van der Waals surface area contributed by atoms with Crippen molar-refractivity contribution >= 4 is 21.2 Å². The van der Waals surface area contributed by atoms with Gasteiger partial charge in [-0.1, -0.05) is 0 Å². The van der Waals surface area contributed by atoms with Crippen molar-refractivity contribution < 1.29 is 101 Å². The van der Waals surface area contributed by atoms with Gasteiger partial charge in [0.25, 0.3) is 0 Å². The van der Waals surface area contributed by atoms with Crippen LogP contribution in [0.15, 0.2) is 0 Å². The summed E-state index contributed by atoms with van der Waals surface area (Å²) in [6.45, 7) is 0. The van der Waals surface area contributed by atoms with Crippen LogP contribution in [0.2, 0.25) is 0 Å². The van der Waals surface area contributed by atoms with E-state index in [1.165, 1.54) is 0 Å². The Bertz CT molecular complexity index is 279. The zero-order valence-corrected chi connectivity index (χ0v) is 13.9. The smallest absolute Gasteiger partial charge is 1.00 e. The molecule has 0 aromatic carbocycles. The van der Waals surface area contributed by atoms with Gasteiger partial charge >= 0.3 is 80.3 Å². The number of carboxylic acid groups (broad SMARTS) is 1. The van der Waals surface area contributed by atoms with Gasteiger partial charge in [-0.2, -0.15) is 0 Å². The van der Waals surface area contributed by atoms with E-state index in [4.69, 9.17) is 24.7 Å². The molecule has 0 aromatic heterocycles. The van der Waals surface area contributed by atoms with Crippen molar-refractivity contribution in [1.29, 1.82) is 0 Å². The van der Waals surface area contributed by atoms with Crippen molar-refractivity contribution in [3.63, 3.8) is 0 Å². The van der Waals surface area contributed by atoms with Gasteiger partial charge in [-0.25, -0.2) is 0 Å². The molecular formula is C3H10Na2O8P2. The van der Waals surface area contributed by atoms with Crippen molar-refractivity contribution in [2.24, 2.45) is 0 Å². The molecule has 0 aliphatic carbocycles. The Kier molecular flexibility index (Phi) is 11.7. The van der Waals surface area contributed by atoms with Gasteiger partial charge in [-0.05, 0) is 0 Å². The van der Waals surface area contributed by atoms with E-state index in [2.05, 4.69) is 0 Å². The van der Waals surface area contributed by atoms with E-state index in [-0.39, 0.29) is 62.0 Å². The van der Waals surface area contributed by atoms with Crippen LogP contribution in [-0.4, -0.2) is 36.0 Å². The first-order chi connectivity index (χ1) is 5.55. The minimum Gasteiger partial charge on any atom is -1.00 e. The number of aliphatic carboxylic acids is 1. The minimum atomic E-state index is -5.10. The van der Waals surface area contributed by atoms with Crippen LogP contribution in [0.25, 0.3) is 0 Å². The Morgan fingerprint density at radius 1 is 1.07 bits per heavy atom. The Morgan fingerprint density at radius 2 is 1.33 bits per heavy atom. The van der Waals surface area contributed by atoms with Crippen LogP contribution in [0.4, 0.5) is 0 Å². The third kappa shape index (κ3) is 9.47. The number of carboxylic acids is 1. The van der Waals surface area contributed by atoms with Crippen LogP contribution in [0.3, 0.4) is 0 Å². The molecule has 5 N–H and O–H groups in total. The van der Waals surface area contributed by atoms with E-state index in [1.54, 1.807) is 0 Å². The average molecular weight is 282 g/mol. The van der Waals surface area contributed by atoms with Gasteiger partial charge in [-0.3, -0.25) is 13.9 Å². The largest absolute Gasteiger partial charge is 1.00 e. The molecule has 12 heteroatoms. The number of hydrogen-bond acceptors (Lipinski definition) is 3. The third-order valence-corrected chi connectivity index (χ3v) is 4.86. The van der Waals surface area contributed by atoms with E-state index in [0.29, 0.717) is 0 Å². The fourth-order valence-corrected chi connectivity index (χ4v) is 2.95. The van der Waals surface area contributed by atoms with Crippen LogP contribution in [0.5, 0.6) is 0 Å². The van der Waals surface area contributed by atoms with Gasteiger partial charge in [-0.15, -0.1) is 0 Å². The summed E-state index contributed by atoms with van der Waals surface area (Å²) in [6, 6.07) is 0. The van der Waals surface area contributed by atoms with Gasteiger partial charge in [0, 0.05) is 0 Å². The fourth-order valence-electron chi connectivity index (χ4n) is 0.590. The van der Waals surface area contributed by atoms with Gasteiger partial charge in [0.15, 0.2) is 5.40 Å². The summed E-state index contributed by atoms with van der Waals surface area (Å²) in [5, 5.41) is 5.66. The molecule has 0 amide bonds. The molecule has 0 saturated carbocycles. The van der Waals surface area contributed by atoms with E-state index in [1.807, 2.05) is 0 Å². The molecule has 0 aliphatic heterocycles. The molecule has 0 spiro atoms. The molecule has 0 aliphatic rings. The molecule has 0 aromatic rings. The van der Waals surface area contributed by atoms with E-state index in [0.717, 1.165) is 0 Å². The second-order valence-corrected chi connectivity index (χ2v) is 6.27. The first kappa shape index (κ1) is 22.0. The number of rotatable bonds is 4. The van der Waals surface area contributed by atoms with Crippen LogP contribution in [-0.2, 0) is 13.9 Å². The summed E-state index contributed by atoms with van der Waals surface area (Å²) < 4.78 is 20.9. The second kappa shape index (κ2) is 7.97. The molecule has 0 radical (unpaired) electrons. The zero-order valence-electron chi connectivity index (χ0n) is 10.1. The maximum atomic E-state index is 10.5. The standard InChI is InChI=1S/C3H8O8P2.2Na.2H/c4-2(5)1-3(12(6,7)8)13(9,10)11;;;;/h3H,1H2,(H,4,5)(H2,6,7,8)(H2,9,10,11);;;;/q;2*+1;2*-1. The van der Waals surface area contributed by atoms with Crippen LogP contribution in [0.1, 0.15) is 9.27 Å². The summed E-state index contributed by atoms with van der Waals surface area (Å²) in [6.07, 6.45) is -1.27. The van der Waals surface area contributed by atoms with E-state index >= 15 is 0 Å². The maximum Gasteiger partial charge on any atom is 1.00 e. The molecule has 0 bridgehead atoms. The van der Waals surface area contributed by atoms with Crippen molar-refractivity contribution in [2.75, 3.05) is 0 Å². The zero-order chi connectivity index (χ0) is 10.9. The van der Waals surface area contributed by atoms with Crippen molar-refractivity contribution in [3.8, 4) is 0 Å². The quantitative estimate of drug-likeness (QED) is 0.252. The monoisotopic (exact) mass is 282 g/mol. The van der Waals surface area contributed by atoms with Crippen molar-refractivity contribution in [3.05, 3.63) is 0 Å². The van der Waals surface area contributed by atoms with Crippen molar-refractivity contribution in [1.82, 2.24) is 0 Å². The number of carbonyl (C=O) groups is 1. The van der Waals surface area contributed by atoms with E-state index < -0.39 is 33.0 Å². The Hall–Kier alpha value is 1.77. The van der Waals surface area contributed by atoms with Crippen molar-refractivity contribution in [2.45, 2.75) is 11.8 Å². The van der Waals surface area contributed by atoms with Gasteiger partial charge < -0.3 is 27.5 Å². The summed E-state index contributed by atoms with van der Waals surface area (Å²) in [5.41, 5.74) is 0. The molecule has 0 atom stereocenters. The predicted molar refractivity (Wildman–Crippen MR) is 42.4 cm³/mol. The molecular weight excluding hydrogens is 272 g/mol. The summed E-state index contributed by atoms with van der Waals surface area (Å²) >= 11 is 0. The molecule has 8 nitrogen and oxygen atoms in total. The molecule has 15 heavy (non-hydrogen) atoms. The fraction of sp³-hybridized carbons (Fsp3) is 0.667. The Morgan fingerprint density at radius 3 is 1.40 bits per heavy atom. The molecule has 0 unspecified atom stereocenters. The number of hydrogen-bond donors (Lipinski definition) is 5. The summed E-state index contributed by atoms with van der Waals surface area (Å²) in [5.74, 6) is -1.68. The second-order valence-electron chi connectivity index (χ2n) is 2.26. The molecule has 0 heterocycles. The Labute approximate surface area is 132 Å². The average Bonchev–Trinajstić information content (AvgIpc) is 1.77. The molecule has 0 fully saturated rings. The summed E-state index contributed by atoms with van der Waals surface area (Å²) in [7, 11) is -10.2. The maximum absolute atomic E-state index is 10.5. The first-order valence-electron chi connectivity index (χ1n) is 2.87. The SMILES string of the molecule is O=C(O)CC(P(=O)(O)O)P(=O)(O)O.[H-].[H-].[Na+].[Na+]. The molecule has 82 valence electrons. The van der Waals surface area contributed by atoms with Gasteiger partial charge in [0.1, 0.15) is 0 Å². The topological polar surface area (TPSA) is 152 Å². The Balaban J connectivity index is -0.000000120. The third-order valence-electron chi connectivity index (χ3n) is 1.13. The van der Waals surface area contributed by atoms with Gasteiger partial charge in [0.2, 0.25) is 0 Å². The van der Waals surface area contributed by atoms with Crippen LogP contribution < -0.4 is 59.1 Å². The predicted octanol–water partition coefficient (Wildman–Crippen LogP) is -6.62. The van der Waals surface area contributed by atoms with Gasteiger partial charge in [0.05, 0.1) is 6.42 Å². The molecule has 0 rings (SSSR count). The molecule has 0 saturated heterocycles. The normalized spacial score (nSPS) is 11.5. The van der Waals surface area contributed by atoms with Crippen LogP contribution >= 0.6 is 15.2 Å².